The number of nitrogens with zero attached hydrogens (tertiary/aromatic N) is 1. The molecular formula is C12H9F3N2O. The van der Waals surface area contributed by atoms with Gasteiger partial charge in [-0.3, -0.25) is 9.78 Å². The lowest BCUT2D eigenvalue weighted by atomic mass is 10.1. The molecule has 0 saturated heterocycles. The van der Waals surface area contributed by atoms with Gasteiger partial charge in [-0.25, -0.2) is 0 Å². The first kappa shape index (κ1) is 12.3. The average Bonchev–Trinajstić information content (AvgIpc) is 2.34. The van der Waals surface area contributed by atoms with Gasteiger partial charge in [0.15, 0.2) is 0 Å². The van der Waals surface area contributed by atoms with Crippen molar-refractivity contribution in [1.82, 2.24) is 10.3 Å². The topological polar surface area (TPSA) is 42.0 Å². The summed E-state index contributed by atoms with van der Waals surface area (Å²) in [7, 11) is 0. The monoisotopic (exact) mass is 254 g/mol. The quantitative estimate of drug-likeness (QED) is 0.894. The Balaban J connectivity index is 2.18. The molecule has 1 aromatic carbocycles. The van der Waals surface area contributed by atoms with Crippen LogP contribution in [0.2, 0.25) is 0 Å². The number of nitrogens with one attached hydrogen (secondary N) is 1. The third-order valence-corrected chi connectivity index (χ3v) is 2.30. The highest BCUT2D eigenvalue weighted by molar-refractivity contribution is 5.97. The maximum absolute atomic E-state index is 12.0. The van der Waals surface area contributed by atoms with Crippen LogP contribution in [-0.4, -0.2) is 23.6 Å². The predicted molar refractivity (Wildman–Crippen MR) is 60.1 cm³/mol. The van der Waals surface area contributed by atoms with Crippen molar-refractivity contribution in [2.45, 2.75) is 6.18 Å². The summed E-state index contributed by atoms with van der Waals surface area (Å²) < 4.78 is 35.9. The second-order valence-electron chi connectivity index (χ2n) is 3.71. The molecule has 18 heavy (non-hydrogen) atoms. The Kier molecular flexibility index (Phi) is 3.18. The SMILES string of the molecule is O=C(NCC(F)(F)F)c1cnc2ccccc2c1. The van der Waals surface area contributed by atoms with Crippen molar-refractivity contribution >= 4 is 16.8 Å². The van der Waals surface area contributed by atoms with Crippen LogP contribution in [-0.2, 0) is 0 Å². The number of aromatic nitrogens is 1. The number of hydrogen-bond acceptors (Lipinski definition) is 2. The fourth-order valence-corrected chi connectivity index (χ4v) is 1.48. The molecule has 0 radical (unpaired) electrons. The van der Waals surface area contributed by atoms with Crippen LogP contribution in [0.25, 0.3) is 10.9 Å². The molecule has 1 aromatic heterocycles. The number of para-hydroxylation sites is 1. The molecule has 2 aromatic rings. The zero-order valence-corrected chi connectivity index (χ0v) is 9.16. The van der Waals surface area contributed by atoms with Crippen LogP contribution in [0.15, 0.2) is 36.5 Å². The minimum absolute atomic E-state index is 0.109. The van der Waals surface area contributed by atoms with Gasteiger partial charge in [0.25, 0.3) is 5.91 Å². The maximum Gasteiger partial charge on any atom is 0.405 e. The van der Waals surface area contributed by atoms with Gasteiger partial charge in [-0.1, -0.05) is 18.2 Å². The van der Waals surface area contributed by atoms with Gasteiger partial charge in [0.05, 0.1) is 11.1 Å². The molecule has 2 rings (SSSR count). The van der Waals surface area contributed by atoms with Crippen molar-refractivity contribution in [3.8, 4) is 0 Å². The van der Waals surface area contributed by atoms with E-state index in [1.165, 1.54) is 12.3 Å². The zero-order valence-electron chi connectivity index (χ0n) is 9.16. The standard InChI is InChI=1S/C12H9F3N2O/c13-12(14,15)7-17-11(18)9-5-8-3-1-2-4-10(8)16-6-9/h1-6H,7H2,(H,17,18). The second kappa shape index (κ2) is 4.64. The lowest BCUT2D eigenvalue weighted by molar-refractivity contribution is -0.123. The third-order valence-electron chi connectivity index (χ3n) is 2.30. The number of alkyl halides is 3. The van der Waals surface area contributed by atoms with Gasteiger partial charge in [0.2, 0.25) is 0 Å². The van der Waals surface area contributed by atoms with E-state index in [1.807, 2.05) is 0 Å². The average molecular weight is 254 g/mol. The number of amides is 1. The minimum Gasteiger partial charge on any atom is -0.343 e. The summed E-state index contributed by atoms with van der Waals surface area (Å²) in [6.07, 6.45) is -3.16. The first-order chi connectivity index (χ1) is 8.46. The molecule has 6 heteroatoms. The highest BCUT2D eigenvalue weighted by Gasteiger charge is 2.27. The fourth-order valence-electron chi connectivity index (χ4n) is 1.48. The number of hydrogen-bond donors (Lipinski definition) is 1. The lowest BCUT2D eigenvalue weighted by Crippen LogP contribution is -2.33. The summed E-state index contributed by atoms with van der Waals surface area (Å²) in [6.45, 7) is -1.35. The van der Waals surface area contributed by atoms with Crippen LogP contribution >= 0.6 is 0 Å². The number of pyridine rings is 1. The first-order valence-electron chi connectivity index (χ1n) is 5.15. The molecular weight excluding hydrogens is 245 g/mol. The number of carbonyl (C=O) groups is 1. The van der Waals surface area contributed by atoms with Gasteiger partial charge in [-0.2, -0.15) is 13.2 Å². The molecule has 0 unspecified atom stereocenters. The Morgan fingerprint density at radius 2 is 2.00 bits per heavy atom. The molecule has 3 nitrogen and oxygen atoms in total. The number of halogens is 3. The number of fused-ring (bicyclic) bond motifs is 1. The molecule has 0 aliphatic rings. The van der Waals surface area contributed by atoms with E-state index < -0.39 is 18.6 Å². The zero-order chi connectivity index (χ0) is 13.2. The Labute approximate surface area is 101 Å². The van der Waals surface area contributed by atoms with Crippen molar-refractivity contribution in [3.63, 3.8) is 0 Å². The van der Waals surface area contributed by atoms with Gasteiger partial charge >= 0.3 is 6.18 Å². The molecule has 0 bridgehead atoms. The van der Waals surface area contributed by atoms with Crippen LogP contribution in [0.4, 0.5) is 13.2 Å². The highest BCUT2D eigenvalue weighted by atomic mass is 19.4. The van der Waals surface area contributed by atoms with Crippen LogP contribution in [0.3, 0.4) is 0 Å². The van der Waals surface area contributed by atoms with Crippen molar-refractivity contribution in [1.29, 1.82) is 0 Å². The molecule has 0 aliphatic heterocycles. The van der Waals surface area contributed by atoms with Gasteiger partial charge in [-0.15, -0.1) is 0 Å². The van der Waals surface area contributed by atoms with Crippen LogP contribution in [0.1, 0.15) is 10.4 Å². The third kappa shape index (κ3) is 2.97. The number of carbonyl (C=O) groups excluding carboxylic acids is 1. The highest BCUT2D eigenvalue weighted by Crippen LogP contribution is 2.14. The summed E-state index contributed by atoms with van der Waals surface area (Å²) in [5.41, 5.74) is 0.794. The number of benzene rings is 1. The van der Waals surface area contributed by atoms with E-state index in [9.17, 15) is 18.0 Å². The summed E-state index contributed by atoms with van der Waals surface area (Å²) in [5.74, 6) is -0.787. The van der Waals surface area contributed by atoms with Crippen molar-refractivity contribution in [2.24, 2.45) is 0 Å². The fraction of sp³-hybridized carbons (Fsp3) is 0.167. The smallest absolute Gasteiger partial charge is 0.343 e. The van der Waals surface area contributed by atoms with E-state index in [1.54, 1.807) is 29.6 Å². The summed E-state index contributed by atoms with van der Waals surface area (Å²) in [4.78, 5) is 15.5. The van der Waals surface area contributed by atoms with Gasteiger partial charge in [0, 0.05) is 11.6 Å². The number of rotatable bonds is 2. The van der Waals surface area contributed by atoms with Crippen molar-refractivity contribution < 1.29 is 18.0 Å². The van der Waals surface area contributed by atoms with Crippen molar-refractivity contribution in [3.05, 3.63) is 42.1 Å². The van der Waals surface area contributed by atoms with Gasteiger partial charge in [0.1, 0.15) is 6.54 Å². The largest absolute Gasteiger partial charge is 0.405 e. The van der Waals surface area contributed by atoms with E-state index >= 15 is 0 Å². The molecule has 0 atom stereocenters. The van der Waals surface area contributed by atoms with E-state index in [0.717, 1.165) is 0 Å². The lowest BCUT2D eigenvalue weighted by Gasteiger charge is -2.08. The van der Waals surface area contributed by atoms with E-state index in [-0.39, 0.29) is 5.56 Å². The van der Waals surface area contributed by atoms with Crippen LogP contribution in [0, 0.1) is 0 Å². The second-order valence-corrected chi connectivity index (χ2v) is 3.71. The van der Waals surface area contributed by atoms with Gasteiger partial charge < -0.3 is 5.32 Å². The molecule has 0 saturated carbocycles. The Morgan fingerprint density at radius 1 is 1.28 bits per heavy atom. The molecule has 94 valence electrons. The molecule has 0 aliphatic carbocycles. The molecule has 1 amide bonds. The van der Waals surface area contributed by atoms with E-state index in [0.29, 0.717) is 10.9 Å². The van der Waals surface area contributed by atoms with Crippen LogP contribution in [0.5, 0.6) is 0 Å². The molecule has 1 N–H and O–H groups in total. The van der Waals surface area contributed by atoms with Crippen LogP contribution < -0.4 is 5.32 Å². The minimum atomic E-state index is -4.42. The molecule has 1 heterocycles. The summed E-state index contributed by atoms with van der Waals surface area (Å²) in [5, 5.41) is 2.51. The Bertz CT molecular complexity index is 581. The van der Waals surface area contributed by atoms with Gasteiger partial charge in [-0.05, 0) is 12.1 Å². The van der Waals surface area contributed by atoms with E-state index in [4.69, 9.17) is 0 Å². The Morgan fingerprint density at radius 3 is 2.72 bits per heavy atom. The normalized spacial score (nSPS) is 11.5. The Hall–Kier alpha value is -2.11. The predicted octanol–water partition coefficient (Wildman–Crippen LogP) is 2.53. The molecule has 0 spiro atoms. The summed E-state index contributed by atoms with van der Waals surface area (Å²) >= 11 is 0. The van der Waals surface area contributed by atoms with Crippen molar-refractivity contribution in [2.75, 3.05) is 6.54 Å². The molecule has 0 fully saturated rings. The summed E-state index contributed by atoms with van der Waals surface area (Å²) in [6, 6.07) is 8.56. The van der Waals surface area contributed by atoms with E-state index in [2.05, 4.69) is 4.98 Å². The maximum atomic E-state index is 12.0. The first-order valence-corrected chi connectivity index (χ1v) is 5.15.